The van der Waals surface area contributed by atoms with Gasteiger partial charge in [-0.3, -0.25) is 18.4 Å². The Bertz CT molecular complexity index is 368. The molecule has 2 aliphatic rings. The van der Waals surface area contributed by atoms with E-state index < -0.39 is 7.60 Å². The van der Waals surface area contributed by atoms with Crippen LogP contribution >= 0.6 is 7.60 Å². The van der Waals surface area contributed by atoms with Gasteiger partial charge in [0.25, 0.3) is 0 Å². The fourth-order valence-electron chi connectivity index (χ4n) is 2.65. The summed E-state index contributed by atoms with van der Waals surface area (Å²) in [6, 6.07) is 0. The van der Waals surface area contributed by atoms with Gasteiger partial charge in [0.05, 0.1) is 12.2 Å². The summed E-state index contributed by atoms with van der Waals surface area (Å²) in [5.74, 6) is -0.184. The minimum Gasteiger partial charge on any atom is -0.300 e. The van der Waals surface area contributed by atoms with Crippen LogP contribution in [0.1, 0.15) is 78.1 Å². The fraction of sp³-hybridized carbons (Fsp3) is 0.938. The topological polar surface area (TPSA) is 52.6 Å². The highest BCUT2D eigenvalue weighted by atomic mass is 31.2. The quantitative estimate of drug-likeness (QED) is 0.529. The van der Waals surface area contributed by atoms with Crippen molar-refractivity contribution >= 4 is 13.1 Å². The van der Waals surface area contributed by atoms with Crippen LogP contribution in [0.2, 0.25) is 0 Å². The van der Waals surface area contributed by atoms with E-state index in [-0.39, 0.29) is 23.7 Å². The minimum absolute atomic E-state index is 0.0384. The average molecular weight is 316 g/mol. The molecular formula is C16H29O4P. The van der Waals surface area contributed by atoms with Crippen molar-refractivity contribution in [2.24, 2.45) is 5.92 Å². The maximum absolute atomic E-state index is 13.1. The standard InChI is InChI=1S/C16H29O4P/c1-3-5-8-13(4-2)16(17)21(18,19-14-9-6-10-14)20-15-11-7-12-15/h13-15H,3-12H2,1-2H3. The fourth-order valence-corrected chi connectivity index (χ4v) is 4.87. The first-order valence-corrected chi connectivity index (χ1v) is 10.1. The van der Waals surface area contributed by atoms with Crippen LogP contribution in [0, 0.1) is 5.92 Å². The third-order valence-corrected chi connectivity index (χ3v) is 6.75. The van der Waals surface area contributed by atoms with Gasteiger partial charge in [-0.1, -0.05) is 26.7 Å². The summed E-state index contributed by atoms with van der Waals surface area (Å²) >= 11 is 0. The Morgan fingerprint density at radius 3 is 1.95 bits per heavy atom. The number of hydrogen-bond acceptors (Lipinski definition) is 4. The van der Waals surface area contributed by atoms with Gasteiger partial charge in [0.1, 0.15) is 0 Å². The second kappa shape index (κ2) is 7.89. The molecule has 0 aromatic rings. The van der Waals surface area contributed by atoms with E-state index in [0.717, 1.165) is 57.8 Å². The van der Waals surface area contributed by atoms with Gasteiger partial charge in [0, 0.05) is 5.92 Å². The van der Waals surface area contributed by atoms with Crippen LogP contribution in [-0.2, 0) is 18.4 Å². The largest absolute Gasteiger partial charge is 0.397 e. The smallest absolute Gasteiger partial charge is 0.300 e. The Morgan fingerprint density at radius 1 is 1.10 bits per heavy atom. The van der Waals surface area contributed by atoms with Crippen LogP contribution in [0.5, 0.6) is 0 Å². The van der Waals surface area contributed by atoms with E-state index in [1.807, 2.05) is 6.92 Å². The minimum atomic E-state index is -3.60. The summed E-state index contributed by atoms with van der Waals surface area (Å²) in [6.07, 6.45) is 9.24. The monoisotopic (exact) mass is 316 g/mol. The molecule has 1 unspecified atom stereocenters. The van der Waals surface area contributed by atoms with Crippen molar-refractivity contribution in [2.45, 2.75) is 90.3 Å². The molecule has 0 aromatic carbocycles. The van der Waals surface area contributed by atoms with Crippen molar-refractivity contribution in [1.82, 2.24) is 0 Å². The van der Waals surface area contributed by atoms with Crippen LogP contribution in [0.15, 0.2) is 0 Å². The molecule has 5 heteroatoms. The summed E-state index contributed by atoms with van der Waals surface area (Å²) in [7, 11) is -3.60. The van der Waals surface area contributed by atoms with Crippen molar-refractivity contribution in [3.8, 4) is 0 Å². The summed E-state index contributed by atoms with van der Waals surface area (Å²) in [4.78, 5) is 12.7. The SMILES string of the molecule is CCCCC(CC)C(=O)P(=O)(OC1CCC1)OC1CCC1. The van der Waals surface area contributed by atoms with Gasteiger partial charge in [-0.05, 0) is 51.4 Å². The zero-order chi connectivity index (χ0) is 15.3. The summed E-state index contributed by atoms with van der Waals surface area (Å²) in [6.45, 7) is 4.09. The van der Waals surface area contributed by atoms with Gasteiger partial charge in [-0.2, -0.15) is 0 Å². The molecule has 0 aliphatic heterocycles. The summed E-state index contributed by atoms with van der Waals surface area (Å²) < 4.78 is 24.5. The van der Waals surface area contributed by atoms with Crippen molar-refractivity contribution in [3.63, 3.8) is 0 Å². The predicted molar refractivity (Wildman–Crippen MR) is 83.4 cm³/mol. The van der Waals surface area contributed by atoms with Crippen molar-refractivity contribution in [3.05, 3.63) is 0 Å². The molecule has 1 atom stereocenters. The van der Waals surface area contributed by atoms with E-state index in [1.54, 1.807) is 0 Å². The number of carbonyl (C=O) groups excluding carboxylic acids is 1. The first-order chi connectivity index (χ1) is 10.1. The number of unbranched alkanes of at least 4 members (excludes halogenated alkanes) is 1. The van der Waals surface area contributed by atoms with Gasteiger partial charge < -0.3 is 0 Å². The molecule has 2 saturated carbocycles. The lowest BCUT2D eigenvalue weighted by Gasteiger charge is -2.34. The Kier molecular flexibility index (Phi) is 6.46. The molecule has 21 heavy (non-hydrogen) atoms. The van der Waals surface area contributed by atoms with Crippen molar-refractivity contribution in [1.29, 1.82) is 0 Å². The molecule has 0 bridgehead atoms. The molecule has 2 fully saturated rings. The number of rotatable bonds is 10. The molecule has 0 N–H and O–H groups in total. The maximum atomic E-state index is 13.1. The molecule has 0 amide bonds. The molecule has 4 nitrogen and oxygen atoms in total. The second-order valence-corrected chi connectivity index (χ2v) is 8.26. The molecule has 0 radical (unpaired) electrons. The Balaban J connectivity index is 2.03. The highest BCUT2D eigenvalue weighted by Crippen LogP contribution is 2.57. The van der Waals surface area contributed by atoms with Crippen LogP contribution in [0.3, 0.4) is 0 Å². The Morgan fingerprint density at radius 2 is 1.62 bits per heavy atom. The van der Waals surface area contributed by atoms with Crippen LogP contribution in [0.4, 0.5) is 0 Å². The second-order valence-electron chi connectivity index (χ2n) is 6.40. The lowest BCUT2D eigenvalue weighted by atomic mass is 9.97. The highest BCUT2D eigenvalue weighted by molar-refractivity contribution is 7.71. The van der Waals surface area contributed by atoms with Crippen LogP contribution < -0.4 is 0 Å². The number of hydrogen-bond donors (Lipinski definition) is 0. The molecule has 0 saturated heterocycles. The van der Waals surface area contributed by atoms with E-state index in [4.69, 9.17) is 9.05 Å². The zero-order valence-electron chi connectivity index (χ0n) is 13.4. The summed E-state index contributed by atoms with van der Waals surface area (Å²) in [5.41, 5.74) is -0.266. The first-order valence-electron chi connectivity index (χ1n) is 8.60. The van der Waals surface area contributed by atoms with E-state index in [0.29, 0.717) is 6.42 Å². The molecule has 0 spiro atoms. The summed E-state index contributed by atoms with van der Waals surface area (Å²) in [5, 5.41) is 0. The third-order valence-electron chi connectivity index (χ3n) is 4.70. The van der Waals surface area contributed by atoms with E-state index in [1.165, 1.54) is 0 Å². The van der Waals surface area contributed by atoms with E-state index in [9.17, 15) is 9.36 Å². The Labute approximate surface area is 128 Å². The predicted octanol–water partition coefficient (Wildman–Crippen LogP) is 5.06. The van der Waals surface area contributed by atoms with Crippen molar-refractivity contribution in [2.75, 3.05) is 0 Å². The molecule has 122 valence electrons. The number of carbonyl (C=O) groups is 1. The highest BCUT2D eigenvalue weighted by Gasteiger charge is 2.44. The first kappa shape index (κ1) is 17.2. The molecule has 2 rings (SSSR count). The lowest BCUT2D eigenvalue weighted by molar-refractivity contribution is -0.119. The maximum Gasteiger partial charge on any atom is 0.397 e. The Hall–Kier alpha value is -0.180. The van der Waals surface area contributed by atoms with Gasteiger partial charge in [0.15, 0.2) is 0 Å². The normalized spacial score (nSPS) is 21.6. The van der Waals surface area contributed by atoms with Gasteiger partial charge >= 0.3 is 7.60 Å². The zero-order valence-corrected chi connectivity index (χ0v) is 14.3. The van der Waals surface area contributed by atoms with Crippen molar-refractivity contribution < 1.29 is 18.4 Å². The molecule has 0 aromatic heterocycles. The molecule has 0 heterocycles. The lowest BCUT2D eigenvalue weighted by Crippen LogP contribution is -2.29. The van der Waals surface area contributed by atoms with Gasteiger partial charge in [0.2, 0.25) is 5.52 Å². The van der Waals surface area contributed by atoms with E-state index in [2.05, 4.69) is 6.92 Å². The third kappa shape index (κ3) is 4.40. The van der Waals surface area contributed by atoms with Crippen LogP contribution in [-0.4, -0.2) is 17.7 Å². The van der Waals surface area contributed by atoms with Crippen LogP contribution in [0.25, 0.3) is 0 Å². The van der Waals surface area contributed by atoms with Gasteiger partial charge in [-0.15, -0.1) is 0 Å². The van der Waals surface area contributed by atoms with Gasteiger partial charge in [-0.25, -0.2) is 0 Å². The molecular weight excluding hydrogens is 287 g/mol. The van der Waals surface area contributed by atoms with E-state index >= 15 is 0 Å². The molecule has 2 aliphatic carbocycles. The average Bonchev–Trinajstić information content (AvgIpc) is 2.39.